The lowest BCUT2D eigenvalue weighted by molar-refractivity contribution is -0.157. The Morgan fingerprint density at radius 2 is 1.88 bits per heavy atom. The number of hydrogen-bond donors (Lipinski definition) is 3. The SMILES string of the molecule is COc1ccc(CNc2nc(C)c(-c3nc4ccccc4s3)c(NC3CC4C(O)C45OC(C)(C)OC35)n2)cc1OC. The maximum atomic E-state index is 10.7. The molecule has 3 heterocycles. The highest BCUT2D eigenvalue weighted by Gasteiger charge is 2.81. The molecule has 5 atom stereocenters. The molecule has 7 rings (SSSR count). The molecule has 10 nitrogen and oxygen atoms in total. The number of aromatic nitrogens is 3. The molecule has 4 aromatic rings. The second kappa shape index (κ2) is 9.52. The third-order valence-corrected chi connectivity index (χ3v) is 9.34. The number of para-hydroxylation sites is 1. The van der Waals surface area contributed by atoms with E-state index in [0.29, 0.717) is 29.8 Å². The molecule has 2 aliphatic carbocycles. The van der Waals surface area contributed by atoms with Crippen molar-refractivity contribution < 1.29 is 24.1 Å². The van der Waals surface area contributed by atoms with Crippen LogP contribution < -0.4 is 20.1 Å². The zero-order valence-corrected chi connectivity index (χ0v) is 24.4. The van der Waals surface area contributed by atoms with Crippen LogP contribution in [0.2, 0.25) is 0 Å². The maximum absolute atomic E-state index is 10.7. The minimum atomic E-state index is -0.760. The van der Waals surface area contributed by atoms with Crippen molar-refractivity contribution in [3.63, 3.8) is 0 Å². The standard InChI is InChI=1S/C30H33N5O5S/c1-15-23(27-34-18-8-6-7-9-22(18)41-27)26(33-19-13-17-24(36)30(17)25(19)39-29(2,3)40-30)35-28(32-15)31-14-16-10-11-20(37-4)21(12-16)38-5/h6-12,17,19,24-25,36H,13-14H2,1-5H3,(H2,31,32,33,35). The van der Waals surface area contributed by atoms with Gasteiger partial charge in [0, 0.05) is 12.5 Å². The van der Waals surface area contributed by atoms with Crippen molar-refractivity contribution in [1.82, 2.24) is 15.0 Å². The summed E-state index contributed by atoms with van der Waals surface area (Å²) in [4.78, 5) is 14.7. The lowest BCUT2D eigenvalue weighted by Crippen LogP contribution is -2.40. The number of nitrogens with zero attached hydrogens (tertiary/aromatic N) is 3. The van der Waals surface area contributed by atoms with Gasteiger partial charge < -0.3 is 34.7 Å². The first-order valence-electron chi connectivity index (χ1n) is 13.7. The third kappa shape index (κ3) is 4.30. The molecular weight excluding hydrogens is 542 g/mol. The van der Waals surface area contributed by atoms with Gasteiger partial charge in [0.25, 0.3) is 0 Å². The average Bonchev–Trinajstić information content (AvgIpc) is 3.30. The summed E-state index contributed by atoms with van der Waals surface area (Å²) in [5.41, 5.74) is 2.94. The van der Waals surface area contributed by atoms with Gasteiger partial charge in [0.2, 0.25) is 5.95 Å². The van der Waals surface area contributed by atoms with Crippen LogP contribution in [0.4, 0.5) is 11.8 Å². The lowest BCUT2D eigenvalue weighted by Gasteiger charge is -2.26. The molecule has 2 aromatic heterocycles. The Kier molecular flexibility index (Phi) is 6.13. The van der Waals surface area contributed by atoms with E-state index in [4.69, 9.17) is 33.9 Å². The van der Waals surface area contributed by atoms with E-state index in [-0.39, 0.29) is 18.1 Å². The van der Waals surface area contributed by atoms with Crippen molar-refractivity contribution in [3.05, 3.63) is 53.7 Å². The highest BCUT2D eigenvalue weighted by atomic mass is 32.1. The number of benzene rings is 2. The number of ether oxygens (including phenoxy) is 4. The molecule has 1 aliphatic heterocycles. The largest absolute Gasteiger partial charge is 0.493 e. The highest BCUT2D eigenvalue weighted by Crippen LogP contribution is 2.65. The molecule has 11 heteroatoms. The molecule has 3 aliphatic rings. The average molecular weight is 576 g/mol. The molecule has 2 saturated carbocycles. The minimum Gasteiger partial charge on any atom is -0.493 e. The molecule has 1 spiro atoms. The summed E-state index contributed by atoms with van der Waals surface area (Å²) in [5.74, 6) is 1.78. The van der Waals surface area contributed by atoms with E-state index >= 15 is 0 Å². The number of thiazole rings is 1. The predicted octanol–water partition coefficient (Wildman–Crippen LogP) is 4.76. The topological polar surface area (TPSA) is 120 Å². The summed E-state index contributed by atoms with van der Waals surface area (Å²) in [6, 6.07) is 13.8. The van der Waals surface area contributed by atoms with Crippen LogP contribution in [0.25, 0.3) is 20.8 Å². The molecule has 41 heavy (non-hydrogen) atoms. The van der Waals surface area contributed by atoms with E-state index in [1.807, 2.05) is 57.2 Å². The van der Waals surface area contributed by atoms with Gasteiger partial charge >= 0.3 is 0 Å². The van der Waals surface area contributed by atoms with Crippen molar-refractivity contribution >= 4 is 33.3 Å². The van der Waals surface area contributed by atoms with E-state index in [1.54, 1.807) is 25.6 Å². The number of aryl methyl sites for hydroxylation is 1. The summed E-state index contributed by atoms with van der Waals surface area (Å²) in [6.07, 6.45) is -0.0837. The van der Waals surface area contributed by atoms with E-state index in [0.717, 1.165) is 38.5 Å². The molecule has 0 bridgehead atoms. The molecule has 3 N–H and O–H groups in total. The first-order valence-corrected chi connectivity index (χ1v) is 14.6. The first-order chi connectivity index (χ1) is 19.7. The zero-order valence-electron chi connectivity index (χ0n) is 23.6. The molecule has 214 valence electrons. The third-order valence-electron chi connectivity index (χ3n) is 8.28. The minimum absolute atomic E-state index is 0.0308. The number of hydrogen-bond acceptors (Lipinski definition) is 11. The summed E-state index contributed by atoms with van der Waals surface area (Å²) < 4.78 is 24.5. The van der Waals surface area contributed by atoms with Gasteiger partial charge in [-0.15, -0.1) is 11.3 Å². The van der Waals surface area contributed by atoms with Gasteiger partial charge in [-0.1, -0.05) is 18.2 Å². The van der Waals surface area contributed by atoms with Crippen LogP contribution in [-0.2, 0) is 16.0 Å². The van der Waals surface area contributed by atoms with Gasteiger partial charge in [-0.05, 0) is 57.0 Å². The number of fused-ring (bicyclic) bond motifs is 1. The van der Waals surface area contributed by atoms with Crippen molar-refractivity contribution in [3.8, 4) is 22.1 Å². The lowest BCUT2D eigenvalue weighted by atomic mass is 10.1. The van der Waals surface area contributed by atoms with Gasteiger partial charge in [-0.25, -0.2) is 9.97 Å². The van der Waals surface area contributed by atoms with Crippen LogP contribution in [-0.4, -0.2) is 63.9 Å². The predicted molar refractivity (Wildman–Crippen MR) is 157 cm³/mol. The Hall–Kier alpha value is -3.51. The fraction of sp³-hybridized carbons (Fsp3) is 0.433. The Bertz CT molecular complexity index is 1610. The summed E-state index contributed by atoms with van der Waals surface area (Å²) in [7, 11) is 3.24. The molecule has 1 saturated heterocycles. The Balaban J connectivity index is 1.23. The quantitative estimate of drug-likeness (QED) is 0.271. The van der Waals surface area contributed by atoms with E-state index in [2.05, 4.69) is 16.7 Å². The van der Waals surface area contributed by atoms with Crippen LogP contribution in [0.1, 0.15) is 31.5 Å². The maximum Gasteiger partial charge on any atom is 0.225 e. The van der Waals surface area contributed by atoms with Crippen LogP contribution in [0, 0.1) is 12.8 Å². The van der Waals surface area contributed by atoms with Crippen molar-refractivity contribution in [2.45, 2.75) is 63.4 Å². The van der Waals surface area contributed by atoms with Crippen molar-refractivity contribution in [2.24, 2.45) is 5.92 Å². The van der Waals surface area contributed by atoms with Gasteiger partial charge in [0.05, 0.1) is 47.8 Å². The van der Waals surface area contributed by atoms with Gasteiger partial charge in [0.15, 0.2) is 17.3 Å². The second-order valence-electron chi connectivity index (χ2n) is 11.3. The molecular formula is C30H33N5O5S. The summed E-state index contributed by atoms with van der Waals surface area (Å²) in [5, 5.41) is 18.6. The van der Waals surface area contributed by atoms with Crippen LogP contribution >= 0.6 is 11.3 Å². The number of methoxy groups -OCH3 is 2. The molecule has 0 radical (unpaired) electrons. The van der Waals surface area contributed by atoms with Crippen LogP contribution in [0.3, 0.4) is 0 Å². The Morgan fingerprint density at radius 1 is 1.07 bits per heavy atom. The molecule has 3 fully saturated rings. The number of rotatable bonds is 8. The van der Waals surface area contributed by atoms with Gasteiger partial charge in [0.1, 0.15) is 22.5 Å². The zero-order chi connectivity index (χ0) is 28.5. The monoisotopic (exact) mass is 575 g/mol. The summed E-state index contributed by atoms with van der Waals surface area (Å²) >= 11 is 1.61. The molecule has 5 unspecified atom stereocenters. The van der Waals surface area contributed by atoms with E-state index in [9.17, 15) is 5.11 Å². The smallest absolute Gasteiger partial charge is 0.225 e. The van der Waals surface area contributed by atoms with Crippen molar-refractivity contribution in [1.29, 1.82) is 0 Å². The highest BCUT2D eigenvalue weighted by molar-refractivity contribution is 7.21. The number of anilines is 2. The van der Waals surface area contributed by atoms with Crippen molar-refractivity contribution in [2.75, 3.05) is 24.9 Å². The van der Waals surface area contributed by atoms with E-state index < -0.39 is 17.5 Å². The van der Waals surface area contributed by atoms with Crippen LogP contribution in [0.5, 0.6) is 11.5 Å². The first kappa shape index (κ1) is 26.4. The fourth-order valence-corrected chi connectivity index (χ4v) is 7.50. The Labute approximate surface area is 242 Å². The normalized spacial score (nSPS) is 27.4. The molecule has 2 aromatic carbocycles. The number of nitrogens with one attached hydrogen (secondary N) is 2. The van der Waals surface area contributed by atoms with Gasteiger partial charge in [-0.2, -0.15) is 4.98 Å². The van der Waals surface area contributed by atoms with Gasteiger partial charge in [-0.3, -0.25) is 0 Å². The van der Waals surface area contributed by atoms with Crippen LogP contribution in [0.15, 0.2) is 42.5 Å². The summed E-state index contributed by atoms with van der Waals surface area (Å²) in [6.45, 7) is 6.27. The second-order valence-corrected chi connectivity index (χ2v) is 12.3. The fourth-order valence-electron chi connectivity index (χ4n) is 6.44. The number of aliphatic hydroxyl groups is 1. The van der Waals surface area contributed by atoms with E-state index in [1.165, 1.54) is 0 Å². The Morgan fingerprint density at radius 3 is 2.66 bits per heavy atom. The molecule has 0 amide bonds. The number of aliphatic hydroxyl groups excluding tert-OH is 1.